The molecule has 18 heavy (non-hydrogen) atoms. The van der Waals surface area contributed by atoms with Crippen LogP contribution in [0.5, 0.6) is 0 Å². The molecule has 2 atom stereocenters. The van der Waals surface area contributed by atoms with Crippen molar-refractivity contribution in [2.75, 3.05) is 0 Å². The molecule has 1 fully saturated rings. The fraction of sp³-hybridized carbons (Fsp3) is 0.647. The maximum atomic E-state index is 3.79. The smallest absolute Gasteiger partial charge is 0.0294 e. The van der Waals surface area contributed by atoms with Crippen molar-refractivity contribution in [3.8, 4) is 0 Å². The van der Waals surface area contributed by atoms with Crippen LogP contribution in [0.3, 0.4) is 0 Å². The van der Waals surface area contributed by atoms with Crippen LogP contribution in [0.2, 0.25) is 0 Å². The first-order valence-electron chi connectivity index (χ1n) is 7.49. The molecule has 1 aromatic rings. The first-order chi connectivity index (χ1) is 8.66. The SMILES string of the molecule is Cc1cccc([C@@H](C)NC(C)C2CCCCC2)c1. The van der Waals surface area contributed by atoms with Gasteiger partial charge in [-0.15, -0.1) is 0 Å². The Hall–Kier alpha value is -0.820. The maximum Gasteiger partial charge on any atom is 0.0294 e. The Bertz CT molecular complexity index is 366. The molecule has 0 saturated heterocycles. The van der Waals surface area contributed by atoms with Crippen LogP contribution in [-0.4, -0.2) is 6.04 Å². The molecule has 0 amide bonds. The van der Waals surface area contributed by atoms with Gasteiger partial charge < -0.3 is 5.32 Å². The second-order valence-electron chi connectivity index (χ2n) is 5.99. The molecule has 1 nitrogen and oxygen atoms in total. The van der Waals surface area contributed by atoms with Gasteiger partial charge in [0.15, 0.2) is 0 Å². The first kappa shape index (κ1) is 13.6. The van der Waals surface area contributed by atoms with Crippen molar-refractivity contribution in [2.45, 2.75) is 65.0 Å². The number of hydrogen-bond donors (Lipinski definition) is 1. The van der Waals surface area contributed by atoms with Gasteiger partial charge in [-0.25, -0.2) is 0 Å². The molecule has 1 saturated carbocycles. The predicted molar refractivity (Wildman–Crippen MR) is 78.8 cm³/mol. The summed E-state index contributed by atoms with van der Waals surface area (Å²) in [6, 6.07) is 9.96. The maximum absolute atomic E-state index is 3.79. The van der Waals surface area contributed by atoms with Gasteiger partial charge in [-0.2, -0.15) is 0 Å². The minimum absolute atomic E-state index is 0.460. The Morgan fingerprint density at radius 3 is 2.50 bits per heavy atom. The van der Waals surface area contributed by atoms with Gasteiger partial charge in [-0.1, -0.05) is 49.1 Å². The van der Waals surface area contributed by atoms with Crippen LogP contribution in [0.1, 0.15) is 63.1 Å². The van der Waals surface area contributed by atoms with E-state index in [9.17, 15) is 0 Å². The summed E-state index contributed by atoms with van der Waals surface area (Å²) in [5.74, 6) is 0.881. The highest BCUT2D eigenvalue weighted by molar-refractivity contribution is 5.24. The molecule has 0 aromatic heterocycles. The Labute approximate surface area is 112 Å². The van der Waals surface area contributed by atoms with Crippen LogP contribution in [-0.2, 0) is 0 Å². The molecular weight excluding hydrogens is 218 g/mol. The van der Waals surface area contributed by atoms with Crippen molar-refractivity contribution in [3.63, 3.8) is 0 Å². The summed E-state index contributed by atoms with van der Waals surface area (Å²) in [5.41, 5.74) is 2.77. The molecule has 0 bridgehead atoms. The molecule has 1 aromatic carbocycles. The van der Waals surface area contributed by atoms with E-state index in [1.165, 1.54) is 43.2 Å². The molecule has 1 aliphatic rings. The molecule has 1 N–H and O–H groups in total. The first-order valence-corrected chi connectivity index (χ1v) is 7.49. The molecular formula is C17H27N. The lowest BCUT2D eigenvalue weighted by Crippen LogP contribution is -2.36. The number of aryl methyl sites for hydroxylation is 1. The number of nitrogens with one attached hydrogen (secondary N) is 1. The van der Waals surface area contributed by atoms with Crippen molar-refractivity contribution in [2.24, 2.45) is 5.92 Å². The van der Waals surface area contributed by atoms with E-state index >= 15 is 0 Å². The fourth-order valence-electron chi connectivity index (χ4n) is 3.20. The third kappa shape index (κ3) is 3.58. The van der Waals surface area contributed by atoms with Crippen molar-refractivity contribution in [3.05, 3.63) is 35.4 Å². The lowest BCUT2D eigenvalue weighted by atomic mass is 9.84. The van der Waals surface area contributed by atoms with Gasteiger partial charge in [0, 0.05) is 12.1 Å². The molecule has 2 rings (SSSR count). The number of hydrogen-bond acceptors (Lipinski definition) is 1. The highest BCUT2D eigenvalue weighted by Gasteiger charge is 2.21. The zero-order valence-corrected chi connectivity index (χ0v) is 12.1. The minimum atomic E-state index is 0.460. The summed E-state index contributed by atoms with van der Waals surface area (Å²) < 4.78 is 0. The molecule has 100 valence electrons. The average molecular weight is 245 g/mol. The Morgan fingerprint density at radius 1 is 1.11 bits per heavy atom. The van der Waals surface area contributed by atoms with E-state index in [4.69, 9.17) is 0 Å². The van der Waals surface area contributed by atoms with Crippen molar-refractivity contribution in [1.82, 2.24) is 5.32 Å². The summed E-state index contributed by atoms with van der Waals surface area (Å²) in [4.78, 5) is 0. The van der Waals surface area contributed by atoms with Gasteiger partial charge in [-0.05, 0) is 45.1 Å². The Morgan fingerprint density at radius 2 is 1.83 bits per heavy atom. The van der Waals surface area contributed by atoms with Crippen LogP contribution in [0, 0.1) is 12.8 Å². The highest BCUT2D eigenvalue weighted by Crippen LogP contribution is 2.27. The monoisotopic (exact) mass is 245 g/mol. The van der Waals surface area contributed by atoms with Gasteiger partial charge in [-0.3, -0.25) is 0 Å². The molecule has 1 aliphatic carbocycles. The summed E-state index contributed by atoms with van der Waals surface area (Å²) in [6.07, 6.45) is 7.12. The zero-order valence-electron chi connectivity index (χ0n) is 12.1. The third-order valence-corrected chi connectivity index (χ3v) is 4.41. The summed E-state index contributed by atoms with van der Waals surface area (Å²) in [5, 5.41) is 3.79. The summed E-state index contributed by atoms with van der Waals surface area (Å²) >= 11 is 0. The fourth-order valence-corrected chi connectivity index (χ4v) is 3.20. The molecule has 0 spiro atoms. The van der Waals surface area contributed by atoms with E-state index < -0.39 is 0 Å². The third-order valence-electron chi connectivity index (χ3n) is 4.41. The lowest BCUT2D eigenvalue weighted by molar-refractivity contribution is 0.268. The van der Waals surface area contributed by atoms with E-state index in [1.807, 2.05) is 0 Å². The molecule has 0 radical (unpaired) electrons. The van der Waals surface area contributed by atoms with Gasteiger partial charge >= 0.3 is 0 Å². The molecule has 0 aliphatic heterocycles. The quantitative estimate of drug-likeness (QED) is 0.816. The predicted octanol–water partition coefficient (Wildman–Crippen LogP) is 4.61. The largest absolute Gasteiger partial charge is 0.307 e. The lowest BCUT2D eigenvalue weighted by Gasteiger charge is -2.31. The van der Waals surface area contributed by atoms with Crippen LogP contribution in [0.4, 0.5) is 0 Å². The van der Waals surface area contributed by atoms with Crippen LogP contribution in [0.15, 0.2) is 24.3 Å². The van der Waals surface area contributed by atoms with E-state index in [2.05, 4.69) is 50.4 Å². The van der Waals surface area contributed by atoms with Crippen molar-refractivity contribution < 1.29 is 0 Å². The van der Waals surface area contributed by atoms with Crippen LogP contribution >= 0.6 is 0 Å². The molecule has 1 unspecified atom stereocenters. The molecule has 1 heteroatoms. The molecule has 0 heterocycles. The zero-order chi connectivity index (χ0) is 13.0. The topological polar surface area (TPSA) is 12.0 Å². The second kappa shape index (κ2) is 6.38. The van der Waals surface area contributed by atoms with Gasteiger partial charge in [0.2, 0.25) is 0 Å². The average Bonchev–Trinajstić information content (AvgIpc) is 2.39. The second-order valence-corrected chi connectivity index (χ2v) is 5.99. The van der Waals surface area contributed by atoms with Gasteiger partial charge in [0.05, 0.1) is 0 Å². The summed E-state index contributed by atoms with van der Waals surface area (Å²) in [7, 11) is 0. The van der Waals surface area contributed by atoms with E-state index in [0.717, 1.165) is 5.92 Å². The highest BCUT2D eigenvalue weighted by atomic mass is 14.9. The summed E-state index contributed by atoms with van der Waals surface area (Å²) in [6.45, 7) is 6.82. The van der Waals surface area contributed by atoms with E-state index in [0.29, 0.717) is 12.1 Å². The van der Waals surface area contributed by atoms with Gasteiger partial charge in [0.1, 0.15) is 0 Å². The number of benzene rings is 1. The van der Waals surface area contributed by atoms with Crippen LogP contribution < -0.4 is 5.32 Å². The van der Waals surface area contributed by atoms with Crippen molar-refractivity contribution in [1.29, 1.82) is 0 Å². The minimum Gasteiger partial charge on any atom is -0.307 e. The number of rotatable bonds is 4. The van der Waals surface area contributed by atoms with E-state index in [1.54, 1.807) is 0 Å². The Kier molecular flexibility index (Phi) is 4.82. The normalized spacial score (nSPS) is 20.6. The van der Waals surface area contributed by atoms with Gasteiger partial charge in [0.25, 0.3) is 0 Å². The van der Waals surface area contributed by atoms with Crippen LogP contribution in [0.25, 0.3) is 0 Å². The van der Waals surface area contributed by atoms with Crippen molar-refractivity contribution >= 4 is 0 Å². The Balaban J connectivity index is 1.91. The standard InChI is InChI=1S/C17H27N/c1-13-8-7-11-17(12-13)15(3)18-14(2)16-9-5-4-6-10-16/h7-8,11-12,14-16,18H,4-6,9-10H2,1-3H3/t14?,15-/m1/s1. The van der Waals surface area contributed by atoms with E-state index in [-0.39, 0.29) is 0 Å².